The largest absolute Gasteiger partial charge is 0.397 e. The Kier molecular flexibility index (Phi) is 3.44. The van der Waals surface area contributed by atoms with Crippen LogP contribution in [-0.4, -0.2) is 14.5 Å². The number of hydrogen-bond acceptors (Lipinski definition) is 3. The van der Waals surface area contributed by atoms with E-state index in [0.29, 0.717) is 5.69 Å². The molecule has 0 fully saturated rings. The molecule has 0 aliphatic rings. The minimum absolute atomic E-state index is 0.708. The van der Waals surface area contributed by atoms with Gasteiger partial charge in [0.1, 0.15) is 11.3 Å². The highest BCUT2D eigenvalue weighted by Crippen LogP contribution is 2.32. The van der Waals surface area contributed by atoms with Gasteiger partial charge in [0.15, 0.2) is 5.65 Å². The molecule has 0 radical (unpaired) electrons. The SMILES string of the molecule is CCCn1c(-c2cccc(Br)c2N)nc2cccnc21. The molecule has 5 heteroatoms. The van der Waals surface area contributed by atoms with E-state index < -0.39 is 0 Å². The summed E-state index contributed by atoms with van der Waals surface area (Å²) < 4.78 is 3.02. The summed E-state index contributed by atoms with van der Waals surface area (Å²) in [7, 11) is 0. The van der Waals surface area contributed by atoms with Crippen LogP contribution in [-0.2, 0) is 6.54 Å². The van der Waals surface area contributed by atoms with Crippen molar-refractivity contribution in [1.29, 1.82) is 0 Å². The number of imidazole rings is 1. The second-order valence-corrected chi connectivity index (χ2v) is 5.49. The number of pyridine rings is 1. The van der Waals surface area contributed by atoms with Crippen molar-refractivity contribution in [3.63, 3.8) is 0 Å². The number of aryl methyl sites for hydroxylation is 1. The van der Waals surface area contributed by atoms with E-state index in [0.717, 1.165) is 40.0 Å². The van der Waals surface area contributed by atoms with Crippen LogP contribution in [0.4, 0.5) is 5.69 Å². The van der Waals surface area contributed by atoms with Gasteiger partial charge in [-0.15, -0.1) is 0 Å². The maximum Gasteiger partial charge on any atom is 0.160 e. The summed E-state index contributed by atoms with van der Waals surface area (Å²) >= 11 is 3.47. The average Bonchev–Trinajstić information content (AvgIpc) is 2.81. The third kappa shape index (κ3) is 2.08. The molecule has 0 bridgehead atoms. The molecule has 3 rings (SSSR count). The zero-order chi connectivity index (χ0) is 14.1. The number of benzene rings is 1. The van der Waals surface area contributed by atoms with Crippen molar-refractivity contribution in [3.8, 4) is 11.4 Å². The predicted molar refractivity (Wildman–Crippen MR) is 85.4 cm³/mol. The molecule has 102 valence electrons. The fourth-order valence-corrected chi connectivity index (χ4v) is 2.70. The van der Waals surface area contributed by atoms with Gasteiger partial charge in [-0.1, -0.05) is 13.0 Å². The summed E-state index contributed by atoms with van der Waals surface area (Å²) in [4.78, 5) is 9.15. The van der Waals surface area contributed by atoms with Crippen molar-refractivity contribution in [1.82, 2.24) is 14.5 Å². The van der Waals surface area contributed by atoms with E-state index in [-0.39, 0.29) is 0 Å². The maximum absolute atomic E-state index is 6.18. The highest BCUT2D eigenvalue weighted by atomic mass is 79.9. The summed E-state index contributed by atoms with van der Waals surface area (Å²) in [5, 5.41) is 0. The molecule has 0 amide bonds. The number of nitrogen functional groups attached to an aromatic ring is 1. The molecule has 0 atom stereocenters. The van der Waals surface area contributed by atoms with Crippen molar-refractivity contribution >= 4 is 32.8 Å². The van der Waals surface area contributed by atoms with Crippen LogP contribution in [0.25, 0.3) is 22.6 Å². The topological polar surface area (TPSA) is 56.7 Å². The Morgan fingerprint density at radius 3 is 2.90 bits per heavy atom. The Morgan fingerprint density at radius 1 is 1.25 bits per heavy atom. The van der Waals surface area contributed by atoms with Crippen LogP contribution >= 0.6 is 15.9 Å². The quantitative estimate of drug-likeness (QED) is 0.742. The first-order chi connectivity index (χ1) is 9.72. The lowest BCUT2D eigenvalue weighted by Gasteiger charge is -2.10. The molecule has 0 aliphatic heterocycles. The number of fused-ring (bicyclic) bond motifs is 1. The molecule has 20 heavy (non-hydrogen) atoms. The molecular formula is C15H15BrN4. The first kappa shape index (κ1) is 13.1. The minimum atomic E-state index is 0.708. The van der Waals surface area contributed by atoms with E-state index in [1.807, 2.05) is 30.3 Å². The van der Waals surface area contributed by atoms with Gasteiger partial charge in [-0.3, -0.25) is 0 Å². The van der Waals surface area contributed by atoms with Crippen molar-refractivity contribution in [2.45, 2.75) is 19.9 Å². The maximum atomic E-state index is 6.18. The number of anilines is 1. The molecule has 0 saturated heterocycles. The zero-order valence-electron chi connectivity index (χ0n) is 11.2. The average molecular weight is 331 g/mol. The standard InChI is InChI=1S/C15H15BrN4/c1-2-9-20-14(10-5-3-6-11(16)13(10)17)19-12-7-4-8-18-15(12)20/h3-8H,2,9,17H2,1H3. The zero-order valence-corrected chi connectivity index (χ0v) is 12.8. The molecule has 0 unspecified atom stereocenters. The number of nitrogens with zero attached hydrogens (tertiary/aromatic N) is 3. The van der Waals surface area contributed by atoms with Crippen molar-refractivity contribution in [3.05, 3.63) is 41.0 Å². The summed E-state index contributed by atoms with van der Waals surface area (Å²) in [6.45, 7) is 3.01. The summed E-state index contributed by atoms with van der Waals surface area (Å²) in [6.07, 6.45) is 2.81. The number of nitrogens with two attached hydrogens (primary N) is 1. The van der Waals surface area contributed by atoms with E-state index in [4.69, 9.17) is 10.7 Å². The molecule has 2 aromatic heterocycles. The summed E-state index contributed by atoms with van der Waals surface area (Å²) in [5.41, 5.74) is 9.63. The molecule has 4 nitrogen and oxygen atoms in total. The third-order valence-electron chi connectivity index (χ3n) is 3.24. The van der Waals surface area contributed by atoms with Gasteiger partial charge in [0.05, 0.1) is 5.69 Å². The number of aromatic nitrogens is 3. The van der Waals surface area contributed by atoms with Crippen LogP contribution in [0.1, 0.15) is 13.3 Å². The van der Waals surface area contributed by atoms with Gasteiger partial charge in [0.2, 0.25) is 0 Å². The van der Waals surface area contributed by atoms with Crippen LogP contribution in [0.3, 0.4) is 0 Å². The predicted octanol–water partition coefficient (Wildman–Crippen LogP) is 3.85. The second kappa shape index (κ2) is 5.25. The lowest BCUT2D eigenvalue weighted by atomic mass is 10.1. The Labute approximate surface area is 125 Å². The number of rotatable bonds is 3. The fraction of sp³-hybridized carbons (Fsp3) is 0.200. The molecule has 0 saturated carbocycles. The van der Waals surface area contributed by atoms with Crippen LogP contribution in [0.15, 0.2) is 41.0 Å². The Hall–Kier alpha value is -1.88. The van der Waals surface area contributed by atoms with Crippen molar-refractivity contribution in [2.24, 2.45) is 0 Å². The lowest BCUT2D eigenvalue weighted by Crippen LogP contribution is -2.02. The van der Waals surface area contributed by atoms with Crippen molar-refractivity contribution in [2.75, 3.05) is 5.73 Å². The summed E-state index contributed by atoms with van der Waals surface area (Å²) in [5.74, 6) is 0.874. The molecule has 2 N–H and O–H groups in total. The first-order valence-corrected chi connectivity index (χ1v) is 7.37. The van der Waals surface area contributed by atoms with Crippen molar-refractivity contribution < 1.29 is 0 Å². The van der Waals surface area contributed by atoms with E-state index in [1.165, 1.54) is 0 Å². The van der Waals surface area contributed by atoms with Crippen LogP contribution in [0.2, 0.25) is 0 Å². The molecule has 1 aromatic carbocycles. The Morgan fingerprint density at radius 2 is 2.10 bits per heavy atom. The van der Waals surface area contributed by atoms with Gasteiger partial charge >= 0.3 is 0 Å². The van der Waals surface area contributed by atoms with E-state index >= 15 is 0 Å². The summed E-state index contributed by atoms with van der Waals surface area (Å²) in [6, 6.07) is 9.78. The van der Waals surface area contributed by atoms with Crippen LogP contribution in [0.5, 0.6) is 0 Å². The van der Waals surface area contributed by atoms with Gasteiger partial charge in [-0.25, -0.2) is 9.97 Å². The lowest BCUT2D eigenvalue weighted by molar-refractivity contribution is 0.698. The molecule has 3 aromatic rings. The van der Waals surface area contributed by atoms with E-state index in [2.05, 4.69) is 32.4 Å². The second-order valence-electron chi connectivity index (χ2n) is 4.63. The monoisotopic (exact) mass is 330 g/mol. The highest BCUT2D eigenvalue weighted by molar-refractivity contribution is 9.10. The van der Waals surface area contributed by atoms with E-state index in [1.54, 1.807) is 6.20 Å². The third-order valence-corrected chi connectivity index (χ3v) is 3.94. The molecule has 2 heterocycles. The van der Waals surface area contributed by atoms with Gasteiger partial charge in [-0.2, -0.15) is 0 Å². The normalized spacial score (nSPS) is 11.1. The van der Waals surface area contributed by atoms with Gasteiger partial charge in [0, 0.05) is 22.8 Å². The smallest absolute Gasteiger partial charge is 0.160 e. The van der Waals surface area contributed by atoms with Gasteiger partial charge in [0.25, 0.3) is 0 Å². The van der Waals surface area contributed by atoms with Gasteiger partial charge < -0.3 is 10.3 Å². The molecule has 0 spiro atoms. The number of halogens is 1. The van der Waals surface area contributed by atoms with Crippen LogP contribution < -0.4 is 5.73 Å². The molecular weight excluding hydrogens is 316 g/mol. The first-order valence-electron chi connectivity index (χ1n) is 6.58. The van der Waals surface area contributed by atoms with E-state index in [9.17, 15) is 0 Å². The Balaban J connectivity index is 2.29. The molecule has 0 aliphatic carbocycles. The highest BCUT2D eigenvalue weighted by Gasteiger charge is 2.15. The number of hydrogen-bond donors (Lipinski definition) is 1. The van der Waals surface area contributed by atoms with Gasteiger partial charge in [-0.05, 0) is 46.6 Å². The fourth-order valence-electron chi connectivity index (χ4n) is 2.33. The number of para-hydroxylation sites is 1. The van der Waals surface area contributed by atoms with Crippen LogP contribution in [0, 0.1) is 0 Å². The minimum Gasteiger partial charge on any atom is -0.397 e. The Bertz CT molecular complexity index is 764.